The van der Waals surface area contributed by atoms with Crippen LogP contribution in [0.5, 0.6) is 0 Å². The van der Waals surface area contributed by atoms with Crippen LogP contribution in [0.15, 0.2) is 12.1 Å². The Morgan fingerprint density at radius 2 is 1.95 bits per heavy atom. The van der Waals surface area contributed by atoms with E-state index in [4.69, 9.17) is 0 Å². The second-order valence-electron chi connectivity index (χ2n) is 3.69. The fourth-order valence-electron chi connectivity index (χ4n) is 1.27. The van der Waals surface area contributed by atoms with Crippen molar-refractivity contribution in [1.82, 2.24) is 5.32 Å². The third kappa shape index (κ3) is 4.53. The van der Waals surface area contributed by atoms with Gasteiger partial charge in [0.05, 0.1) is 12.3 Å². The summed E-state index contributed by atoms with van der Waals surface area (Å²) in [6.45, 7) is 2.88. The summed E-state index contributed by atoms with van der Waals surface area (Å²) in [7, 11) is 0. The molecule has 0 saturated heterocycles. The molecule has 0 aliphatic heterocycles. The number of carbonyl (C=O) groups is 2. The molecule has 5 nitrogen and oxygen atoms in total. The number of hydrogen-bond acceptors (Lipinski definition) is 3. The van der Waals surface area contributed by atoms with E-state index in [-0.39, 0.29) is 24.4 Å². The van der Waals surface area contributed by atoms with Crippen LogP contribution in [0.3, 0.4) is 0 Å². The van der Waals surface area contributed by atoms with Gasteiger partial charge in [0.15, 0.2) is 0 Å². The van der Waals surface area contributed by atoms with Crippen molar-refractivity contribution in [3.05, 3.63) is 29.3 Å². The van der Waals surface area contributed by atoms with Gasteiger partial charge in [0.25, 0.3) is 0 Å². The van der Waals surface area contributed by atoms with Crippen LogP contribution in [-0.4, -0.2) is 25.2 Å². The molecule has 0 unspecified atom stereocenters. The fourth-order valence-corrected chi connectivity index (χ4v) is 1.27. The molecule has 0 heterocycles. The number of ether oxygens (including phenoxy) is 1. The molecule has 0 fully saturated rings. The third-order valence-corrected chi connectivity index (χ3v) is 2.20. The SMILES string of the molecule is CCOC(=O)CNC(=O)Nc1cc(F)c(C)cc1F. The van der Waals surface area contributed by atoms with Crippen molar-refractivity contribution in [2.75, 3.05) is 18.5 Å². The maximum atomic E-state index is 13.4. The van der Waals surface area contributed by atoms with E-state index in [1.165, 1.54) is 6.92 Å². The van der Waals surface area contributed by atoms with E-state index in [2.05, 4.69) is 15.4 Å². The number of nitrogens with one attached hydrogen (secondary N) is 2. The van der Waals surface area contributed by atoms with Crippen LogP contribution in [0.4, 0.5) is 19.3 Å². The van der Waals surface area contributed by atoms with Crippen molar-refractivity contribution in [3.8, 4) is 0 Å². The Hall–Kier alpha value is -2.18. The minimum atomic E-state index is -0.824. The highest BCUT2D eigenvalue weighted by atomic mass is 19.1. The highest BCUT2D eigenvalue weighted by Gasteiger charge is 2.11. The van der Waals surface area contributed by atoms with Crippen LogP contribution in [0.2, 0.25) is 0 Å². The van der Waals surface area contributed by atoms with Gasteiger partial charge >= 0.3 is 12.0 Å². The van der Waals surface area contributed by atoms with Gasteiger partial charge in [-0.25, -0.2) is 13.6 Å². The van der Waals surface area contributed by atoms with Gasteiger partial charge in [0.1, 0.15) is 18.2 Å². The molecule has 2 N–H and O–H groups in total. The molecule has 1 aromatic carbocycles. The largest absolute Gasteiger partial charge is 0.465 e. The van der Waals surface area contributed by atoms with Gasteiger partial charge in [-0.15, -0.1) is 0 Å². The zero-order valence-electron chi connectivity index (χ0n) is 10.5. The highest BCUT2D eigenvalue weighted by molar-refractivity contribution is 5.91. The van der Waals surface area contributed by atoms with Gasteiger partial charge in [0, 0.05) is 6.07 Å². The molecule has 1 aromatic rings. The molecule has 7 heteroatoms. The Morgan fingerprint density at radius 1 is 1.26 bits per heavy atom. The van der Waals surface area contributed by atoms with E-state index in [1.54, 1.807) is 6.92 Å². The maximum absolute atomic E-state index is 13.4. The Labute approximate surface area is 108 Å². The lowest BCUT2D eigenvalue weighted by Gasteiger charge is -2.09. The number of anilines is 1. The summed E-state index contributed by atoms with van der Waals surface area (Å²) in [5.41, 5.74) is -0.167. The monoisotopic (exact) mass is 272 g/mol. The molecule has 0 aliphatic carbocycles. The average Bonchev–Trinajstić information content (AvgIpc) is 2.34. The lowest BCUT2D eigenvalue weighted by atomic mass is 10.2. The summed E-state index contributed by atoms with van der Waals surface area (Å²) >= 11 is 0. The minimum Gasteiger partial charge on any atom is -0.465 e. The van der Waals surface area contributed by atoms with Crippen molar-refractivity contribution in [2.45, 2.75) is 13.8 Å². The number of rotatable bonds is 4. The van der Waals surface area contributed by atoms with E-state index in [1.807, 2.05) is 0 Å². The summed E-state index contributed by atoms with van der Waals surface area (Å²) in [5.74, 6) is -2.01. The van der Waals surface area contributed by atoms with Crippen LogP contribution in [0.1, 0.15) is 12.5 Å². The summed E-state index contributed by atoms with van der Waals surface area (Å²) in [4.78, 5) is 22.3. The molecule has 0 aliphatic rings. The summed E-state index contributed by atoms with van der Waals surface area (Å²) in [6.07, 6.45) is 0. The zero-order chi connectivity index (χ0) is 14.4. The van der Waals surface area contributed by atoms with E-state index in [0.29, 0.717) is 0 Å². The molecule has 0 saturated carbocycles. The minimum absolute atomic E-state index is 0.134. The number of urea groups is 1. The molecular formula is C12H14F2N2O3. The van der Waals surface area contributed by atoms with Gasteiger partial charge in [0.2, 0.25) is 0 Å². The molecule has 0 bridgehead atoms. The lowest BCUT2D eigenvalue weighted by Crippen LogP contribution is -2.34. The van der Waals surface area contributed by atoms with E-state index >= 15 is 0 Å². The summed E-state index contributed by atoms with van der Waals surface area (Å²) < 4.78 is 31.2. The Balaban J connectivity index is 2.58. The molecule has 2 amide bonds. The van der Waals surface area contributed by atoms with Crippen molar-refractivity contribution in [2.24, 2.45) is 0 Å². The molecule has 19 heavy (non-hydrogen) atoms. The number of hydrogen-bond donors (Lipinski definition) is 2. The van der Waals surface area contributed by atoms with Crippen molar-refractivity contribution < 1.29 is 23.1 Å². The van der Waals surface area contributed by atoms with Crippen LogP contribution >= 0.6 is 0 Å². The summed E-state index contributed by atoms with van der Waals surface area (Å²) in [5, 5.41) is 4.27. The molecule has 0 atom stereocenters. The smallest absolute Gasteiger partial charge is 0.325 e. The molecule has 0 spiro atoms. The second kappa shape index (κ2) is 6.67. The Kier molecular flexibility index (Phi) is 5.23. The first-order chi connectivity index (χ1) is 8.93. The maximum Gasteiger partial charge on any atom is 0.325 e. The number of esters is 1. The topological polar surface area (TPSA) is 67.4 Å². The lowest BCUT2D eigenvalue weighted by molar-refractivity contribution is -0.141. The average molecular weight is 272 g/mol. The van der Waals surface area contributed by atoms with Crippen molar-refractivity contribution in [1.29, 1.82) is 0 Å². The normalized spacial score (nSPS) is 9.89. The van der Waals surface area contributed by atoms with Crippen molar-refractivity contribution >= 4 is 17.7 Å². The van der Waals surface area contributed by atoms with Crippen LogP contribution in [-0.2, 0) is 9.53 Å². The van der Waals surface area contributed by atoms with E-state index < -0.39 is 23.6 Å². The van der Waals surface area contributed by atoms with Gasteiger partial charge in [-0.2, -0.15) is 0 Å². The highest BCUT2D eigenvalue weighted by Crippen LogP contribution is 2.18. The number of aryl methyl sites for hydroxylation is 1. The van der Waals surface area contributed by atoms with Gasteiger partial charge in [-0.1, -0.05) is 0 Å². The molecule has 104 valence electrons. The van der Waals surface area contributed by atoms with Crippen LogP contribution in [0, 0.1) is 18.6 Å². The predicted molar refractivity (Wildman–Crippen MR) is 64.7 cm³/mol. The number of carbonyl (C=O) groups excluding carboxylic acids is 2. The van der Waals surface area contributed by atoms with E-state index in [0.717, 1.165) is 12.1 Å². The Morgan fingerprint density at radius 3 is 2.58 bits per heavy atom. The van der Waals surface area contributed by atoms with Gasteiger partial charge in [-0.3, -0.25) is 4.79 Å². The first-order valence-corrected chi connectivity index (χ1v) is 5.60. The summed E-state index contributed by atoms with van der Waals surface area (Å²) in [6, 6.07) is 1.01. The zero-order valence-corrected chi connectivity index (χ0v) is 10.5. The first kappa shape index (κ1) is 14.9. The fraction of sp³-hybridized carbons (Fsp3) is 0.333. The van der Waals surface area contributed by atoms with Crippen LogP contribution in [0.25, 0.3) is 0 Å². The third-order valence-electron chi connectivity index (χ3n) is 2.20. The predicted octanol–water partition coefficient (Wildman–Crippen LogP) is 1.96. The first-order valence-electron chi connectivity index (χ1n) is 5.60. The second-order valence-corrected chi connectivity index (χ2v) is 3.69. The number of amides is 2. The van der Waals surface area contributed by atoms with Gasteiger partial charge < -0.3 is 15.4 Å². The number of halogens is 2. The molecular weight excluding hydrogens is 258 g/mol. The van der Waals surface area contributed by atoms with Crippen LogP contribution < -0.4 is 10.6 Å². The number of benzene rings is 1. The van der Waals surface area contributed by atoms with Crippen molar-refractivity contribution in [3.63, 3.8) is 0 Å². The standard InChI is InChI=1S/C12H14F2N2O3/c1-3-19-11(17)6-15-12(18)16-10-5-8(13)7(2)4-9(10)14/h4-5H,3,6H2,1-2H3,(H2,15,16,18). The Bertz CT molecular complexity index is 492. The molecule has 0 radical (unpaired) electrons. The molecule has 1 rings (SSSR count). The molecule has 0 aromatic heterocycles. The van der Waals surface area contributed by atoms with Gasteiger partial charge in [-0.05, 0) is 25.5 Å². The van der Waals surface area contributed by atoms with E-state index in [9.17, 15) is 18.4 Å². The quantitative estimate of drug-likeness (QED) is 0.823.